The van der Waals surface area contributed by atoms with E-state index in [0.29, 0.717) is 10.5 Å². The SMILES string of the molecule is O=C1/C(=C\c2cccc(Br)c2)SC(=S)N1C(=O)c1ccccc1. The van der Waals surface area contributed by atoms with Crippen LogP contribution < -0.4 is 0 Å². The molecule has 0 saturated carbocycles. The Hall–Kier alpha value is -1.76. The van der Waals surface area contributed by atoms with Crippen molar-refractivity contribution < 1.29 is 9.59 Å². The van der Waals surface area contributed by atoms with E-state index in [2.05, 4.69) is 15.9 Å². The van der Waals surface area contributed by atoms with Crippen LogP contribution in [0.15, 0.2) is 64.0 Å². The van der Waals surface area contributed by atoms with Crippen molar-refractivity contribution >= 4 is 62.1 Å². The number of thiocarbonyl (C=S) groups is 1. The lowest BCUT2D eigenvalue weighted by molar-refractivity contribution is -0.120. The van der Waals surface area contributed by atoms with Crippen LogP contribution in [0.4, 0.5) is 0 Å². The molecule has 0 N–H and O–H groups in total. The topological polar surface area (TPSA) is 37.4 Å². The van der Waals surface area contributed by atoms with Gasteiger partial charge in [0.2, 0.25) is 0 Å². The van der Waals surface area contributed by atoms with Gasteiger partial charge in [0.15, 0.2) is 4.32 Å². The van der Waals surface area contributed by atoms with Crippen LogP contribution in [-0.2, 0) is 4.79 Å². The number of halogens is 1. The van der Waals surface area contributed by atoms with Gasteiger partial charge in [-0.05, 0) is 35.9 Å². The van der Waals surface area contributed by atoms with E-state index in [1.165, 1.54) is 0 Å². The number of benzene rings is 2. The zero-order valence-corrected chi connectivity index (χ0v) is 15.0. The van der Waals surface area contributed by atoms with Gasteiger partial charge in [0.1, 0.15) is 0 Å². The molecule has 3 nitrogen and oxygen atoms in total. The normalized spacial score (nSPS) is 16.2. The summed E-state index contributed by atoms with van der Waals surface area (Å²) >= 11 is 9.74. The van der Waals surface area contributed by atoms with E-state index < -0.39 is 5.91 Å². The first-order valence-electron chi connectivity index (χ1n) is 6.69. The smallest absolute Gasteiger partial charge is 0.268 e. The molecule has 23 heavy (non-hydrogen) atoms. The molecule has 0 bridgehead atoms. The maximum absolute atomic E-state index is 12.5. The lowest BCUT2D eigenvalue weighted by Gasteiger charge is -2.12. The van der Waals surface area contributed by atoms with Crippen LogP contribution >= 0.6 is 39.9 Å². The maximum Gasteiger partial charge on any atom is 0.273 e. The van der Waals surface area contributed by atoms with Crippen molar-refractivity contribution in [3.05, 3.63) is 75.1 Å². The highest BCUT2D eigenvalue weighted by atomic mass is 79.9. The number of amides is 2. The van der Waals surface area contributed by atoms with Gasteiger partial charge in [-0.2, -0.15) is 0 Å². The molecule has 3 rings (SSSR count). The van der Waals surface area contributed by atoms with Crippen LogP contribution in [0.2, 0.25) is 0 Å². The van der Waals surface area contributed by atoms with Crippen LogP contribution in [0.1, 0.15) is 15.9 Å². The van der Waals surface area contributed by atoms with Gasteiger partial charge in [0.05, 0.1) is 4.91 Å². The Labute approximate surface area is 151 Å². The fourth-order valence-corrected chi connectivity index (χ4v) is 3.77. The van der Waals surface area contributed by atoms with Gasteiger partial charge in [-0.1, -0.05) is 70.2 Å². The summed E-state index contributed by atoms with van der Waals surface area (Å²) in [6.45, 7) is 0. The third kappa shape index (κ3) is 3.44. The second-order valence-electron chi connectivity index (χ2n) is 4.74. The van der Waals surface area contributed by atoms with Crippen LogP contribution in [0.3, 0.4) is 0 Å². The minimum Gasteiger partial charge on any atom is -0.268 e. The van der Waals surface area contributed by atoms with Gasteiger partial charge in [0, 0.05) is 10.0 Å². The number of thioether (sulfide) groups is 1. The molecule has 0 atom stereocenters. The van der Waals surface area contributed by atoms with Crippen molar-refractivity contribution in [3.8, 4) is 0 Å². The zero-order chi connectivity index (χ0) is 16.4. The summed E-state index contributed by atoms with van der Waals surface area (Å²) < 4.78 is 1.17. The summed E-state index contributed by atoms with van der Waals surface area (Å²) in [5.74, 6) is -0.778. The van der Waals surface area contributed by atoms with E-state index >= 15 is 0 Å². The molecule has 1 aliphatic heterocycles. The summed E-state index contributed by atoms with van der Waals surface area (Å²) in [6, 6.07) is 16.2. The summed E-state index contributed by atoms with van der Waals surface area (Å²) in [6.07, 6.45) is 1.74. The van der Waals surface area contributed by atoms with Crippen molar-refractivity contribution in [1.29, 1.82) is 0 Å². The largest absolute Gasteiger partial charge is 0.273 e. The predicted molar refractivity (Wildman–Crippen MR) is 99.9 cm³/mol. The van der Waals surface area contributed by atoms with E-state index in [1.807, 2.05) is 30.3 Å². The summed E-state index contributed by atoms with van der Waals surface area (Å²) in [5.41, 5.74) is 1.31. The number of hydrogen-bond acceptors (Lipinski definition) is 4. The van der Waals surface area contributed by atoms with Gasteiger partial charge in [-0.15, -0.1) is 0 Å². The number of carbonyl (C=O) groups excluding carboxylic acids is 2. The molecule has 1 aliphatic rings. The number of imide groups is 1. The minimum absolute atomic E-state index is 0.255. The van der Waals surface area contributed by atoms with Gasteiger partial charge in [-0.25, -0.2) is 4.90 Å². The highest BCUT2D eigenvalue weighted by Gasteiger charge is 2.37. The molecule has 2 aromatic rings. The molecule has 0 radical (unpaired) electrons. The fraction of sp³-hybridized carbons (Fsp3) is 0. The molecule has 114 valence electrons. The van der Waals surface area contributed by atoms with Gasteiger partial charge in [-0.3, -0.25) is 9.59 Å². The average molecular weight is 404 g/mol. The van der Waals surface area contributed by atoms with E-state index in [4.69, 9.17) is 12.2 Å². The first-order valence-corrected chi connectivity index (χ1v) is 8.71. The van der Waals surface area contributed by atoms with E-state index in [1.54, 1.807) is 30.3 Å². The van der Waals surface area contributed by atoms with E-state index in [9.17, 15) is 9.59 Å². The summed E-state index contributed by atoms with van der Waals surface area (Å²) in [5, 5.41) is 0. The van der Waals surface area contributed by atoms with Crippen molar-refractivity contribution in [1.82, 2.24) is 4.90 Å². The zero-order valence-electron chi connectivity index (χ0n) is 11.7. The predicted octanol–water partition coefficient (Wildman–Crippen LogP) is 4.49. The van der Waals surface area contributed by atoms with Crippen molar-refractivity contribution in [2.24, 2.45) is 0 Å². The lowest BCUT2D eigenvalue weighted by atomic mass is 10.2. The van der Waals surface area contributed by atoms with E-state index in [0.717, 1.165) is 26.7 Å². The standard InChI is InChI=1S/C17H10BrNO2S2/c18-13-8-4-5-11(9-13)10-14-16(21)19(17(22)23-14)15(20)12-6-2-1-3-7-12/h1-10H/b14-10+. The Kier molecular flexibility index (Phi) is 4.75. The first-order chi connectivity index (χ1) is 11.1. The highest BCUT2D eigenvalue weighted by molar-refractivity contribution is 9.10. The number of nitrogens with zero attached hydrogens (tertiary/aromatic N) is 1. The molecule has 1 heterocycles. The first kappa shape index (κ1) is 16.1. The highest BCUT2D eigenvalue weighted by Crippen LogP contribution is 2.33. The monoisotopic (exact) mass is 403 g/mol. The Bertz CT molecular complexity index is 833. The van der Waals surface area contributed by atoms with Crippen LogP contribution in [0, 0.1) is 0 Å². The third-order valence-corrected chi connectivity index (χ3v) is 4.96. The van der Waals surface area contributed by atoms with Crippen LogP contribution in [0.5, 0.6) is 0 Å². The summed E-state index contributed by atoms with van der Waals surface area (Å²) in [4.78, 5) is 26.5. The average Bonchev–Trinajstić information content (AvgIpc) is 2.81. The van der Waals surface area contributed by atoms with E-state index in [-0.39, 0.29) is 10.2 Å². The Morgan fingerprint density at radius 1 is 1.13 bits per heavy atom. The Morgan fingerprint density at radius 2 is 1.87 bits per heavy atom. The second kappa shape index (κ2) is 6.78. The summed E-state index contributed by atoms with van der Waals surface area (Å²) in [7, 11) is 0. The molecule has 1 fully saturated rings. The fourth-order valence-electron chi connectivity index (χ4n) is 2.10. The number of hydrogen-bond donors (Lipinski definition) is 0. The van der Waals surface area contributed by atoms with Crippen molar-refractivity contribution in [3.63, 3.8) is 0 Å². The van der Waals surface area contributed by atoms with Crippen LogP contribution in [0.25, 0.3) is 6.08 Å². The number of carbonyl (C=O) groups is 2. The molecule has 0 unspecified atom stereocenters. The second-order valence-corrected chi connectivity index (χ2v) is 7.33. The van der Waals surface area contributed by atoms with Crippen molar-refractivity contribution in [2.75, 3.05) is 0 Å². The van der Waals surface area contributed by atoms with Crippen LogP contribution in [-0.4, -0.2) is 21.0 Å². The molecule has 6 heteroatoms. The molecule has 2 aromatic carbocycles. The Morgan fingerprint density at radius 3 is 2.57 bits per heavy atom. The lowest BCUT2D eigenvalue weighted by Crippen LogP contribution is -2.34. The van der Waals surface area contributed by atoms with Gasteiger partial charge < -0.3 is 0 Å². The third-order valence-electron chi connectivity index (χ3n) is 3.16. The maximum atomic E-state index is 12.5. The molecule has 1 saturated heterocycles. The number of rotatable bonds is 2. The van der Waals surface area contributed by atoms with Crippen molar-refractivity contribution in [2.45, 2.75) is 0 Å². The molecular weight excluding hydrogens is 394 g/mol. The van der Waals surface area contributed by atoms with Gasteiger partial charge in [0.25, 0.3) is 11.8 Å². The Balaban J connectivity index is 1.90. The minimum atomic E-state index is -0.397. The molecular formula is C17H10BrNO2S2. The quantitative estimate of drug-likeness (QED) is 0.420. The molecule has 0 aromatic heterocycles. The molecule has 0 spiro atoms. The van der Waals surface area contributed by atoms with Gasteiger partial charge >= 0.3 is 0 Å². The molecule has 2 amide bonds. The molecule has 0 aliphatic carbocycles.